The molecule has 1 aliphatic rings. The Balaban J connectivity index is 1.73. The Bertz CT molecular complexity index is 1050. The van der Waals surface area contributed by atoms with Gasteiger partial charge in [-0.1, -0.05) is 36.4 Å². The molecule has 2 heterocycles. The topological polar surface area (TPSA) is 22.4 Å². The van der Waals surface area contributed by atoms with E-state index in [9.17, 15) is 4.39 Å². The van der Waals surface area contributed by atoms with Crippen LogP contribution in [0.4, 0.5) is 4.39 Å². The van der Waals surface area contributed by atoms with Crippen molar-refractivity contribution in [2.75, 3.05) is 0 Å². The number of halogens is 1. The van der Waals surface area contributed by atoms with Crippen LogP contribution in [0.1, 0.15) is 11.1 Å². The zero-order chi connectivity index (χ0) is 16.1. The van der Waals surface area contributed by atoms with Gasteiger partial charge in [0.2, 0.25) is 0 Å². The molecule has 0 N–H and O–H groups in total. The number of furan rings is 1. The van der Waals surface area contributed by atoms with E-state index in [1.54, 1.807) is 6.07 Å². The van der Waals surface area contributed by atoms with Crippen LogP contribution in [0.5, 0.6) is 11.5 Å². The fourth-order valence-corrected chi connectivity index (χ4v) is 3.30. The summed E-state index contributed by atoms with van der Waals surface area (Å²) in [6.45, 7) is 0. The average molecular weight is 316 g/mol. The highest BCUT2D eigenvalue weighted by molar-refractivity contribution is 5.84. The molecule has 0 radical (unpaired) electrons. The highest BCUT2D eigenvalue weighted by Crippen LogP contribution is 2.43. The lowest BCUT2D eigenvalue weighted by atomic mass is 9.94. The van der Waals surface area contributed by atoms with Crippen LogP contribution < -0.4 is 4.74 Å². The molecule has 0 fully saturated rings. The van der Waals surface area contributed by atoms with Gasteiger partial charge < -0.3 is 9.15 Å². The van der Waals surface area contributed by atoms with E-state index in [2.05, 4.69) is 0 Å². The lowest BCUT2D eigenvalue weighted by Gasteiger charge is -2.22. The summed E-state index contributed by atoms with van der Waals surface area (Å²) in [4.78, 5) is 0. The Hall–Kier alpha value is -3.07. The molecule has 24 heavy (non-hydrogen) atoms. The van der Waals surface area contributed by atoms with Crippen molar-refractivity contribution in [3.63, 3.8) is 0 Å². The molecule has 3 heteroatoms. The SMILES string of the molecule is Fc1ccc2c(c1-c1cc3ccccc3o1)Cc1ccccc1O2. The highest BCUT2D eigenvalue weighted by atomic mass is 19.1. The van der Waals surface area contributed by atoms with E-state index in [-0.39, 0.29) is 5.82 Å². The molecule has 4 aromatic rings. The number of rotatable bonds is 1. The third-order valence-corrected chi connectivity index (χ3v) is 4.45. The molecule has 116 valence electrons. The molecule has 1 aromatic heterocycles. The summed E-state index contributed by atoms with van der Waals surface area (Å²) in [5.74, 6) is 1.75. The Morgan fingerprint density at radius 1 is 0.833 bits per heavy atom. The summed E-state index contributed by atoms with van der Waals surface area (Å²) in [5, 5.41) is 0.960. The first kappa shape index (κ1) is 13.4. The Labute approximate surface area is 138 Å². The minimum atomic E-state index is -0.296. The maximum Gasteiger partial charge on any atom is 0.138 e. The predicted octanol–water partition coefficient (Wildman–Crippen LogP) is 5.94. The first-order valence-electron chi connectivity index (χ1n) is 7.86. The normalized spacial score (nSPS) is 12.5. The van der Waals surface area contributed by atoms with Crippen molar-refractivity contribution in [2.24, 2.45) is 0 Å². The quantitative estimate of drug-likeness (QED) is 0.382. The molecule has 0 spiro atoms. The second kappa shape index (κ2) is 4.96. The van der Waals surface area contributed by atoms with Gasteiger partial charge in [-0.15, -0.1) is 0 Å². The van der Waals surface area contributed by atoms with Crippen molar-refractivity contribution >= 4 is 11.0 Å². The molecule has 0 bridgehead atoms. The van der Waals surface area contributed by atoms with Gasteiger partial charge in [0.25, 0.3) is 0 Å². The molecule has 0 saturated carbocycles. The third kappa shape index (κ3) is 1.95. The van der Waals surface area contributed by atoms with Gasteiger partial charge in [0.15, 0.2) is 0 Å². The Morgan fingerprint density at radius 2 is 1.67 bits per heavy atom. The molecule has 0 saturated heterocycles. The van der Waals surface area contributed by atoms with E-state index in [4.69, 9.17) is 9.15 Å². The molecule has 1 aliphatic heterocycles. The first-order chi connectivity index (χ1) is 11.8. The maximum atomic E-state index is 14.7. The van der Waals surface area contributed by atoms with Crippen molar-refractivity contribution in [2.45, 2.75) is 6.42 Å². The fraction of sp³-hybridized carbons (Fsp3) is 0.0476. The smallest absolute Gasteiger partial charge is 0.138 e. The second-order valence-electron chi connectivity index (χ2n) is 5.93. The van der Waals surface area contributed by atoms with E-state index < -0.39 is 0 Å². The molecule has 5 rings (SSSR count). The van der Waals surface area contributed by atoms with Crippen LogP contribution in [0.3, 0.4) is 0 Å². The molecule has 0 amide bonds. The van der Waals surface area contributed by atoms with Crippen LogP contribution in [-0.2, 0) is 6.42 Å². The van der Waals surface area contributed by atoms with Crippen LogP contribution in [0.15, 0.2) is 71.1 Å². The zero-order valence-electron chi connectivity index (χ0n) is 12.8. The van der Waals surface area contributed by atoms with Gasteiger partial charge >= 0.3 is 0 Å². The standard InChI is InChI=1S/C21H13FO2/c22-16-9-10-19-15(11-13-5-1-3-7-17(13)23-19)21(16)20-12-14-6-2-4-8-18(14)24-20/h1-10,12H,11H2. The van der Waals surface area contributed by atoms with Crippen LogP contribution in [0.2, 0.25) is 0 Å². The van der Waals surface area contributed by atoms with Gasteiger partial charge in [-0.05, 0) is 35.9 Å². The number of hydrogen-bond acceptors (Lipinski definition) is 2. The maximum absolute atomic E-state index is 14.7. The van der Waals surface area contributed by atoms with Gasteiger partial charge in [0.1, 0.15) is 28.7 Å². The third-order valence-electron chi connectivity index (χ3n) is 4.45. The lowest BCUT2D eigenvalue weighted by molar-refractivity contribution is 0.457. The summed E-state index contributed by atoms with van der Waals surface area (Å²) in [6, 6.07) is 20.6. The minimum absolute atomic E-state index is 0.296. The van der Waals surface area contributed by atoms with Crippen LogP contribution in [-0.4, -0.2) is 0 Å². The Kier molecular flexibility index (Phi) is 2.77. The molecule has 0 unspecified atom stereocenters. The van der Waals surface area contributed by atoms with Crippen molar-refractivity contribution < 1.29 is 13.5 Å². The summed E-state index contributed by atoms with van der Waals surface area (Å²) in [5.41, 5.74) is 3.11. The first-order valence-corrected chi connectivity index (χ1v) is 7.86. The van der Waals surface area contributed by atoms with E-state index in [0.717, 1.165) is 27.8 Å². The number of fused-ring (bicyclic) bond motifs is 3. The van der Waals surface area contributed by atoms with Gasteiger partial charge in [0, 0.05) is 17.4 Å². The van der Waals surface area contributed by atoms with E-state index >= 15 is 0 Å². The van der Waals surface area contributed by atoms with E-state index in [1.165, 1.54) is 6.07 Å². The summed E-state index contributed by atoms with van der Waals surface area (Å²) in [7, 11) is 0. The molecule has 2 nitrogen and oxygen atoms in total. The average Bonchev–Trinajstić information content (AvgIpc) is 3.03. The van der Waals surface area contributed by atoms with Gasteiger partial charge in [-0.25, -0.2) is 4.39 Å². The van der Waals surface area contributed by atoms with Crippen molar-refractivity contribution in [1.82, 2.24) is 0 Å². The van der Waals surface area contributed by atoms with E-state index in [1.807, 2.05) is 54.6 Å². The minimum Gasteiger partial charge on any atom is -0.457 e. The van der Waals surface area contributed by atoms with Crippen molar-refractivity contribution in [1.29, 1.82) is 0 Å². The zero-order valence-corrected chi connectivity index (χ0v) is 12.8. The highest BCUT2D eigenvalue weighted by Gasteiger charge is 2.24. The van der Waals surface area contributed by atoms with Gasteiger partial charge in [0.05, 0.1) is 5.56 Å². The fourth-order valence-electron chi connectivity index (χ4n) is 3.30. The summed E-state index contributed by atoms with van der Waals surface area (Å²) in [6.07, 6.45) is 0.621. The molecular formula is C21H13FO2. The lowest BCUT2D eigenvalue weighted by Crippen LogP contribution is -2.05. The van der Waals surface area contributed by atoms with Crippen LogP contribution >= 0.6 is 0 Å². The molecule has 0 aliphatic carbocycles. The number of ether oxygens (including phenoxy) is 1. The van der Waals surface area contributed by atoms with E-state index in [0.29, 0.717) is 23.5 Å². The largest absolute Gasteiger partial charge is 0.457 e. The second-order valence-corrected chi connectivity index (χ2v) is 5.93. The summed E-state index contributed by atoms with van der Waals surface area (Å²) < 4.78 is 26.5. The number of hydrogen-bond donors (Lipinski definition) is 0. The van der Waals surface area contributed by atoms with Crippen LogP contribution in [0.25, 0.3) is 22.3 Å². The molecule has 0 atom stereocenters. The van der Waals surface area contributed by atoms with Gasteiger partial charge in [-0.3, -0.25) is 0 Å². The molecule has 3 aromatic carbocycles. The number of para-hydroxylation sites is 2. The summed E-state index contributed by atoms with van der Waals surface area (Å²) >= 11 is 0. The number of benzene rings is 3. The van der Waals surface area contributed by atoms with Crippen molar-refractivity contribution in [3.8, 4) is 22.8 Å². The molecular weight excluding hydrogens is 303 g/mol. The monoisotopic (exact) mass is 316 g/mol. The Morgan fingerprint density at radius 3 is 2.58 bits per heavy atom. The predicted molar refractivity (Wildman–Crippen MR) is 90.9 cm³/mol. The van der Waals surface area contributed by atoms with Crippen molar-refractivity contribution in [3.05, 3.63) is 83.7 Å². The van der Waals surface area contributed by atoms with Crippen LogP contribution in [0, 0.1) is 5.82 Å². The van der Waals surface area contributed by atoms with Gasteiger partial charge in [-0.2, -0.15) is 0 Å².